The molecule has 0 radical (unpaired) electrons. The van der Waals surface area contributed by atoms with Gasteiger partial charge in [0.05, 0.1) is 5.69 Å². The summed E-state index contributed by atoms with van der Waals surface area (Å²) in [4.78, 5) is 8.49. The highest BCUT2D eigenvalue weighted by Gasteiger charge is 1.93. The van der Waals surface area contributed by atoms with Crippen LogP contribution in [0, 0.1) is 0 Å². The summed E-state index contributed by atoms with van der Waals surface area (Å²) in [5.74, 6) is 0. The van der Waals surface area contributed by atoms with Crippen LogP contribution in [0.3, 0.4) is 0 Å². The van der Waals surface area contributed by atoms with Crippen LogP contribution in [0.2, 0.25) is 0 Å². The number of hydrogen-bond acceptors (Lipinski definition) is 2. The van der Waals surface area contributed by atoms with Gasteiger partial charge in [-0.1, -0.05) is 12.1 Å². The van der Waals surface area contributed by atoms with E-state index in [4.69, 9.17) is 0 Å². The molecule has 3 aromatic rings. The summed E-state index contributed by atoms with van der Waals surface area (Å²) >= 11 is 0. The molecule has 0 fully saturated rings. The largest absolute Gasteiger partial charge is 0.307 e. The molecule has 0 N–H and O–H groups in total. The molecular weight excluding hydrogens is 210 g/mol. The van der Waals surface area contributed by atoms with E-state index >= 15 is 0 Å². The Labute approximate surface area is 99.1 Å². The zero-order valence-electron chi connectivity index (χ0n) is 9.19. The van der Waals surface area contributed by atoms with E-state index in [-0.39, 0.29) is 0 Å². The fourth-order valence-corrected chi connectivity index (χ4v) is 1.69. The van der Waals surface area contributed by atoms with Gasteiger partial charge in [0.15, 0.2) is 0 Å². The zero-order chi connectivity index (χ0) is 11.5. The molecule has 0 spiro atoms. The summed E-state index contributed by atoms with van der Waals surface area (Å²) < 4.78 is 1.98. The minimum atomic E-state index is 0.952. The number of hydrogen-bond donors (Lipinski definition) is 0. The van der Waals surface area contributed by atoms with E-state index in [1.165, 1.54) is 0 Å². The van der Waals surface area contributed by atoms with Gasteiger partial charge < -0.3 is 4.40 Å². The lowest BCUT2D eigenvalue weighted by Crippen LogP contribution is -1.83. The average molecular weight is 221 g/mol. The van der Waals surface area contributed by atoms with Gasteiger partial charge in [0.1, 0.15) is 5.65 Å². The summed E-state index contributed by atoms with van der Waals surface area (Å²) in [6.45, 7) is 0. The fourth-order valence-electron chi connectivity index (χ4n) is 1.69. The van der Waals surface area contributed by atoms with Crippen molar-refractivity contribution in [3.63, 3.8) is 0 Å². The van der Waals surface area contributed by atoms with Gasteiger partial charge in [0, 0.05) is 24.8 Å². The van der Waals surface area contributed by atoms with Crippen LogP contribution in [0.5, 0.6) is 0 Å². The smallest absolute Gasteiger partial charge is 0.137 e. The highest BCUT2D eigenvalue weighted by Crippen LogP contribution is 2.09. The van der Waals surface area contributed by atoms with Crippen LogP contribution in [0.4, 0.5) is 0 Å². The lowest BCUT2D eigenvalue weighted by atomic mass is 10.2. The van der Waals surface area contributed by atoms with E-state index in [0.29, 0.717) is 0 Å². The molecule has 0 bridgehead atoms. The van der Waals surface area contributed by atoms with E-state index < -0.39 is 0 Å². The van der Waals surface area contributed by atoms with E-state index in [1.54, 1.807) is 12.4 Å². The Morgan fingerprint density at radius 1 is 0.941 bits per heavy atom. The molecule has 3 nitrogen and oxygen atoms in total. The standard InChI is InChI=1S/C14H11N3/c1-2-7-15-13(3-1)5-4-12-6-9-17-10-8-16-14(17)11-12/h1-11H/b5-4+. The summed E-state index contributed by atoms with van der Waals surface area (Å²) in [7, 11) is 0. The maximum Gasteiger partial charge on any atom is 0.137 e. The predicted octanol–water partition coefficient (Wildman–Crippen LogP) is 2.90. The number of fused-ring (bicyclic) bond motifs is 1. The van der Waals surface area contributed by atoms with Gasteiger partial charge in [0.2, 0.25) is 0 Å². The monoisotopic (exact) mass is 221 g/mol. The van der Waals surface area contributed by atoms with Crippen LogP contribution in [0.15, 0.2) is 55.1 Å². The first-order chi connectivity index (χ1) is 8.42. The molecule has 0 aliphatic carbocycles. The first kappa shape index (κ1) is 9.78. The highest BCUT2D eigenvalue weighted by atomic mass is 15.0. The molecule has 3 rings (SSSR count). The fraction of sp³-hybridized carbons (Fsp3) is 0. The Morgan fingerprint density at radius 3 is 2.82 bits per heavy atom. The molecule has 0 aliphatic heterocycles. The summed E-state index contributed by atoms with van der Waals surface area (Å²) in [5.41, 5.74) is 3.03. The average Bonchev–Trinajstić information content (AvgIpc) is 2.85. The minimum Gasteiger partial charge on any atom is -0.307 e. The Bertz CT molecular complexity index is 653. The molecule has 82 valence electrons. The van der Waals surface area contributed by atoms with Crippen LogP contribution in [0.25, 0.3) is 17.8 Å². The lowest BCUT2D eigenvalue weighted by molar-refractivity contribution is 1.18. The lowest BCUT2D eigenvalue weighted by Gasteiger charge is -1.96. The number of aromatic nitrogens is 3. The van der Waals surface area contributed by atoms with Gasteiger partial charge in [-0.05, 0) is 35.9 Å². The number of pyridine rings is 2. The molecule has 17 heavy (non-hydrogen) atoms. The molecule has 0 atom stereocenters. The quantitative estimate of drug-likeness (QED) is 0.666. The molecule has 0 saturated carbocycles. The summed E-state index contributed by atoms with van der Waals surface area (Å²) in [5, 5.41) is 0. The first-order valence-electron chi connectivity index (χ1n) is 5.44. The molecule has 0 aliphatic rings. The molecule has 3 heteroatoms. The highest BCUT2D eigenvalue weighted by molar-refractivity contribution is 5.69. The molecule has 3 aromatic heterocycles. The second-order valence-corrected chi connectivity index (χ2v) is 3.74. The van der Waals surface area contributed by atoms with E-state index in [1.807, 2.05) is 59.3 Å². The Hall–Kier alpha value is -2.42. The van der Waals surface area contributed by atoms with Gasteiger partial charge >= 0.3 is 0 Å². The molecular formula is C14H11N3. The van der Waals surface area contributed by atoms with Gasteiger partial charge in [-0.25, -0.2) is 4.98 Å². The Balaban J connectivity index is 1.92. The normalized spacial score (nSPS) is 11.3. The van der Waals surface area contributed by atoms with Gasteiger partial charge in [-0.3, -0.25) is 4.98 Å². The van der Waals surface area contributed by atoms with Crippen molar-refractivity contribution in [1.82, 2.24) is 14.4 Å². The van der Waals surface area contributed by atoms with Crippen LogP contribution in [0.1, 0.15) is 11.3 Å². The second-order valence-electron chi connectivity index (χ2n) is 3.74. The van der Waals surface area contributed by atoms with Crippen molar-refractivity contribution in [2.24, 2.45) is 0 Å². The maximum absolute atomic E-state index is 4.25. The number of rotatable bonds is 2. The summed E-state index contributed by atoms with van der Waals surface area (Å²) in [6.07, 6.45) is 11.5. The van der Waals surface area contributed by atoms with Crippen LogP contribution < -0.4 is 0 Å². The van der Waals surface area contributed by atoms with Crippen molar-refractivity contribution in [1.29, 1.82) is 0 Å². The Kier molecular flexibility index (Phi) is 2.43. The van der Waals surface area contributed by atoms with Crippen molar-refractivity contribution < 1.29 is 0 Å². The topological polar surface area (TPSA) is 30.2 Å². The van der Waals surface area contributed by atoms with Crippen LogP contribution in [-0.2, 0) is 0 Å². The van der Waals surface area contributed by atoms with Crippen LogP contribution in [-0.4, -0.2) is 14.4 Å². The number of nitrogens with zero attached hydrogens (tertiary/aromatic N) is 3. The maximum atomic E-state index is 4.25. The van der Waals surface area contributed by atoms with E-state index in [2.05, 4.69) is 9.97 Å². The van der Waals surface area contributed by atoms with Crippen molar-refractivity contribution in [2.45, 2.75) is 0 Å². The number of imidazole rings is 1. The Morgan fingerprint density at radius 2 is 1.94 bits per heavy atom. The summed E-state index contributed by atoms with van der Waals surface area (Å²) in [6, 6.07) is 9.95. The van der Waals surface area contributed by atoms with Gasteiger partial charge in [-0.2, -0.15) is 0 Å². The SMILES string of the molecule is C(=C\c1ccccn1)/c1ccn2ccnc2c1. The second kappa shape index (κ2) is 4.22. The first-order valence-corrected chi connectivity index (χ1v) is 5.44. The van der Waals surface area contributed by atoms with Crippen molar-refractivity contribution in [3.05, 3.63) is 66.4 Å². The van der Waals surface area contributed by atoms with E-state index in [0.717, 1.165) is 16.9 Å². The molecule has 0 aromatic carbocycles. The minimum absolute atomic E-state index is 0.952. The van der Waals surface area contributed by atoms with Crippen molar-refractivity contribution in [2.75, 3.05) is 0 Å². The molecule has 0 saturated heterocycles. The third-order valence-corrected chi connectivity index (χ3v) is 2.56. The zero-order valence-corrected chi connectivity index (χ0v) is 9.19. The van der Waals surface area contributed by atoms with Crippen molar-refractivity contribution in [3.8, 4) is 0 Å². The molecule has 3 heterocycles. The van der Waals surface area contributed by atoms with Crippen LogP contribution >= 0.6 is 0 Å². The predicted molar refractivity (Wildman–Crippen MR) is 68.4 cm³/mol. The van der Waals surface area contributed by atoms with Crippen molar-refractivity contribution >= 4 is 17.8 Å². The third-order valence-electron chi connectivity index (χ3n) is 2.56. The van der Waals surface area contributed by atoms with Gasteiger partial charge in [-0.15, -0.1) is 0 Å². The van der Waals surface area contributed by atoms with E-state index in [9.17, 15) is 0 Å². The van der Waals surface area contributed by atoms with Gasteiger partial charge in [0.25, 0.3) is 0 Å². The molecule has 0 amide bonds. The third kappa shape index (κ3) is 2.08. The molecule has 0 unspecified atom stereocenters.